The van der Waals surface area contributed by atoms with Crippen molar-refractivity contribution >= 4 is 5.91 Å². The topological polar surface area (TPSA) is 76.8 Å². The van der Waals surface area contributed by atoms with E-state index in [1.165, 1.54) is 0 Å². The van der Waals surface area contributed by atoms with Gasteiger partial charge in [0.15, 0.2) is 11.5 Å². The van der Waals surface area contributed by atoms with Crippen LogP contribution in [0.2, 0.25) is 0 Å². The fraction of sp³-hybridized carbons (Fsp3) is 0.562. The third-order valence-electron chi connectivity index (χ3n) is 3.29. The van der Waals surface area contributed by atoms with Crippen LogP contribution in [-0.2, 0) is 11.3 Å². The summed E-state index contributed by atoms with van der Waals surface area (Å²) in [5.41, 5.74) is 6.43. The summed E-state index contributed by atoms with van der Waals surface area (Å²) in [6, 6.07) is 5.65. The lowest BCUT2D eigenvalue weighted by Gasteiger charge is -2.15. The van der Waals surface area contributed by atoms with Crippen LogP contribution in [0.3, 0.4) is 0 Å². The summed E-state index contributed by atoms with van der Waals surface area (Å²) < 4.78 is 11.1. The first-order valence-electron chi connectivity index (χ1n) is 7.40. The number of carbonyl (C=O) groups excluding carboxylic acids is 1. The van der Waals surface area contributed by atoms with Gasteiger partial charge in [0.05, 0.1) is 7.11 Å². The van der Waals surface area contributed by atoms with Crippen molar-refractivity contribution in [2.24, 2.45) is 11.7 Å². The van der Waals surface area contributed by atoms with Crippen LogP contribution in [0.15, 0.2) is 18.2 Å². The second-order valence-corrected chi connectivity index (χ2v) is 5.49. The number of hydrogen-bond donors (Lipinski definition) is 2. The van der Waals surface area contributed by atoms with E-state index in [-0.39, 0.29) is 11.8 Å². The number of nitrogens with two attached hydrogens (primary N) is 1. The Morgan fingerprint density at radius 2 is 2.09 bits per heavy atom. The first-order chi connectivity index (χ1) is 10.5. The Morgan fingerprint density at radius 3 is 2.68 bits per heavy atom. The van der Waals surface area contributed by atoms with Crippen LogP contribution in [-0.4, -0.2) is 51.7 Å². The van der Waals surface area contributed by atoms with Gasteiger partial charge >= 0.3 is 0 Å². The van der Waals surface area contributed by atoms with E-state index >= 15 is 0 Å². The molecule has 1 atom stereocenters. The summed E-state index contributed by atoms with van der Waals surface area (Å²) in [5.74, 6) is 1.13. The van der Waals surface area contributed by atoms with Gasteiger partial charge in [0.2, 0.25) is 5.91 Å². The second-order valence-electron chi connectivity index (χ2n) is 5.49. The number of carbonyl (C=O) groups is 1. The number of methoxy groups -OCH3 is 1. The van der Waals surface area contributed by atoms with Crippen LogP contribution in [0.4, 0.5) is 0 Å². The van der Waals surface area contributed by atoms with Crippen molar-refractivity contribution in [2.75, 3.05) is 40.9 Å². The fourth-order valence-electron chi connectivity index (χ4n) is 1.75. The van der Waals surface area contributed by atoms with E-state index in [9.17, 15) is 4.79 Å². The van der Waals surface area contributed by atoms with Gasteiger partial charge in [-0.1, -0.05) is 13.0 Å². The zero-order valence-electron chi connectivity index (χ0n) is 13.9. The highest BCUT2D eigenvalue weighted by Crippen LogP contribution is 2.28. The molecule has 1 aromatic carbocycles. The summed E-state index contributed by atoms with van der Waals surface area (Å²) in [7, 11) is 5.59. The quantitative estimate of drug-likeness (QED) is 0.707. The highest BCUT2D eigenvalue weighted by molar-refractivity contribution is 5.78. The Morgan fingerprint density at radius 1 is 1.36 bits per heavy atom. The van der Waals surface area contributed by atoms with E-state index in [0.29, 0.717) is 31.2 Å². The lowest BCUT2D eigenvalue weighted by molar-refractivity contribution is -0.124. The highest BCUT2D eigenvalue weighted by atomic mass is 16.5. The van der Waals surface area contributed by atoms with Crippen molar-refractivity contribution in [3.8, 4) is 11.5 Å². The Bertz CT molecular complexity index is 478. The molecule has 0 aliphatic carbocycles. The van der Waals surface area contributed by atoms with Crippen molar-refractivity contribution in [3.63, 3.8) is 0 Å². The lowest BCUT2D eigenvalue weighted by Crippen LogP contribution is -2.32. The van der Waals surface area contributed by atoms with Gasteiger partial charge in [-0.25, -0.2) is 0 Å². The maximum absolute atomic E-state index is 11.7. The molecule has 1 amide bonds. The minimum absolute atomic E-state index is 0.0484. The molecule has 1 rings (SSSR count). The molecule has 0 heterocycles. The average molecular weight is 309 g/mol. The van der Waals surface area contributed by atoms with Crippen molar-refractivity contribution in [2.45, 2.75) is 13.5 Å². The molecule has 6 nitrogen and oxygen atoms in total. The van der Waals surface area contributed by atoms with Crippen LogP contribution < -0.4 is 20.5 Å². The molecule has 0 aliphatic rings. The first-order valence-corrected chi connectivity index (χ1v) is 7.40. The highest BCUT2D eigenvalue weighted by Gasteiger charge is 2.11. The summed E-state index contributed by atoms with van der Waals surface area (Å²) in [5, 5.41) is 2.86. The molecule has 0 bridgehead atoms. The van der Waals surface area contributed by atoms with Gasteiger partial charge in [-0.2, -0.15) is 0 Å². The molecule has 0 aliphatic heterocycles. The average Bonchev–Trinajstić information content (AvgIpc) is 2.52. The van der Waals surface area contributed by atoms with Crippen molar-refractivity contribution in [1.82, 2.24) is 10.2 Å². The molecule has 22 heavy (non-hydrogen) atoms. The molecule has 1 unspecified atom stereocenters. The maximum atomic E-state index is 11.7. The van der Waals surface area contributed by atoms with E-state index in [0.717, 1.165) is 12.1 Å². The van der Waals surface area contributed by atoms with Crippen molar-refractivity contribution in [3.05, 3.63) is 23.8 Å². The van der Waals surface area contributed by atoms with Gasteiger partial charge in [0, 0.05) is 25.6 Å². The molecular weight excluding hydrogens is 282 g/mol. The predicted octanol–water partition coefficient (Wildman–Crippen LogP) is 0.847. The van der Waals surface area contributed by atoms with Crippen LogP contribution in [0.25, 0.3) is 0 Å². The number of ether oxygens (including phenoxy) is 2. The number of hydrogen-bond acceptors (Lipinski definition) is 5. The SMILES string of the molecule is COc1cc(CNC(=O)C(C)CN)ccc1OCCN(C)C. The number of rotatable bonds is 9. The van der Waals surface area contributed by atoms with Gasteiger partial charge < -0.3 is 25.4 Å². The molecule has 1 aromatic rings. The van der Waals surface area contributed by atoms with Gasteiger partial charge in [-0.15, -0.1) is 0 Å². The number of nitrogens with zero attached hydrogens (tertiary/aromatic N) is 1. The number of likely N-dealkylation sites (N-methyl/N-ethyl adjacent to an activating group) is 1. The third kappa shape index (κ3) is 5.91. The van der Waals surface area contributed by atoms with Gasteiger partial charge in [0.1, 0.15) is 6.61 Å². The van der Waals surface area contributed by atoms with E-state index in [2.05, 4.69) is 10.2 Å². The molecule has 0 saturated heterocycles. The van der Waals surface area contributed by atoms with E-state index < -0.39 is 0 Å². The normalized spacial score (nSPS) is 12.1. The minimum atomic E-state index is -0.185. The van der Waals surface area contributed by atoms with Crippen molar-refractivity contribution < 1.29 is 14.3 Å². The maximum Gasteiger partial charge on any atom is 0.224 e. The largest absolute Gasteiger partial charge is 0.493 e. The Kier molecular flexibility index (Phi) is 7.70. The Hall–Kier alpha value is -1.79. The molecule has 0 radical (unpaired) electrons. The molecule has 0 saturated carbocycles. The lowest BCUT2D eigenvalue weighted by atomic mass is 10.1. The number of nitrogens with one attached hydrogen (secondary N) is 1. The predicted molar refractivity (Wildman–Crippen MR) is 87.1 cm³/mol. The summed E-state index contributed by atoms with van der Waals surface area (Å²) in [6.07, 6.45) is 0. The van der Waals surface area contributed by atoms with E-state index in [1.54, 1.807) is 14.0 Å². The molecule has 3 N–H and O–H groups in total. The van der Waals surface area contributed by atoms with Crippen LogP contribution in [0, 0.1) is 5.92 Å². The summed E-state index contributed by atoms with van der Waals surface area (Å²) in [4.78, 5) is 13.8. The van der Waals surface area contributed by atoms with Gasteiger partial charge in [0.25, 0.3) is 0 Å². The smallest absolute Gasteiger partial charge is 0.224 e. The number of benzene rings is 1. The number of amides is 1. The Labute approximate surface area is 132 Å². The van der Waals surface area contributed by atoms with E-state index in [4.69, 9.17) is 15.2 Å². The zero-order valence-corrected chi connectivity index (χ0v) is 13.9. The third-order valence-corrected chi connectivity index (χ3v) is 3.29. The van der Waals surface area contributed by atoms with Crippen LogP contribution >= 0.6 is 0 Å². The molecular formula is C16H27N3O3. The molecule has 0 fully saturated rings. The molecule has 0 spiro atoms. The first kappa shape index (κ1) is 18.3. The van der Waals surface area contributed by atoms with Gasteiger partial charge in [-0.05, 0) is 31.8 Å². The van der Waals surface area contributed by atoms with Crippen molar-refractivity contribution in [1.29, 1.82) is 0 Å². The second kappa shape index (κ2) is 9.27. The monoisotopic (exact) mass is 309 g/mol. The zero-order chi connectivity index (χ0) is 16.5. The molecule has 0 aromatic heterocycles. The van der Waals surface area contributed by atoms with Crippen LogP contribution in [0.5, 0.6) is 11.5 Å². The Balaban J connectivity index is 2.62. The summed E-state index contributed by atoms with van der Waals surface area (Å²) >= 11 is 0. The fourth-order valence-corrected chi connectivity index (χ4v) is 1.75. The van der Waals surface area contributed by atoms with Crippen LogP contribution in [0.1, 0.15) is 12.5 Å². The summed E-state index contributed by atoms with van der Waals surface area (Å²) in [6.45, 7) is 4.01. The van der Waals surface area contributed by atoms with E-state index in [1.807, 2.05) is 32.3 Å². The molecule has 124 valence electrons. The minimum Gasteiger partial charge on any atom is -0.493 e. The molecule has 6 heteroatoms. The van der Waals surface area contributed by atoms with Gasteiger partial charge in [-0.3, -0.25) is 4.79 Å². The standard InChI is InChI=1S/C16H27N3O3/c1-12(10-17)16(20)18-11-13-5-6-14(15(9-13)21-4)22-8-7-19(2)3/h5-6,9,12H,7-8,10-11,17H2,1-4H3,(H,18,20).